The number of nitrogens with zero attached hydrogens (tertiary/aromatic N) is 1. The molecule has 11 rings (SSSR count). The second kappa shape index (κ2) is 10.5. The van der Waals surface area contributed by atoms with E-state index in [0.29, 0.717) is 0 Å². The van der Waals surface area contributed by atoms with Gasteiger partial charge in [0.15, 0.2) is 0 Å². The third-order valence-electron chi connectivity index (χ3n) is 10.8. The van der Waals surface area contributed by atoms with E-state index >= 15 is 0 Å². The molecule has 0 amide bonds. The van der Waals surface area contributed by atoms with Gasteiger partial charge in [0.1, 0.15) is 0 Å². The monoisotopic (exact) mass is 631 g/mol. The van der Waals surface area contributed by atoms with Gasteiger partial charge >= 0.3 is 0 Å². The Morgan fingerprint density at radius 2 is 0.780 bits per heavy atom. The van der Waals surface area contributed by atoms with Crippen molar-refractivity contribution in [2.24, 2.45) is 0 Å². The van der Waals surface area contributed by atoms with Crippen LogP contribution < -0.4 is 0 Å². The molecule has 0 atom stereocenters. The minimum atomic E-state index is 0.993. The average Bonchev–Trinajstić information content (AvgIpc) is 3.19. The first kappa shape index (κ1) is 27.4. The third kappa shape index (κ3) is 3.92. The molecule has 0 aliphatic rings. The van der Waals surface area contributed by atoms with E-state index in [9.17, 15) is 0 Å². The summed E-state index contributed by atoms with van der Waals surface area (Å²) >= 11 is 0. The van der Waals surface area contributed by atoms with Gasteiger partial charge in [0.05, 0.1) is 5.69 Å². The maximum atomic E-state index is 4.65. The van der Waals surface area contributed by atoms with E-state index in [4.69, 9.17) is 0 Å². The summed E-state index contributed by atoms with van der Waals surface area (Å²) < 4.78 is 0. The van der Waals surface area contributed by atoms with Crippen LogP contribution in [0.1, 0.15) is 0 Å². The topological polar surface area (TPSA) is 12.9 Å². The minimum Gasteiger partial charge on any atom is -0.256 e. The lowest BCUT2D eigenvalue weighted by Crippen LogP contribution is -1.89. The molecular formula is C49H29N. The Kier molecular flexibility index (Phi) is 5.73. The van der Waals surface area contributed by atoms with Crippen LogP contribution in [0.5, 0.6) is 0 Å². The van der Waals surface area contributed by atoms with Gasteiger partial charge in [0, 0.05) is 11.8 Å². The van der Waals surface area contributed by atoms with E-state index in [-0.39, 0.29) is 0 Å². The fraction of sp³-hybridized carbons (Fsp3) is 0. The predicted octanol–water partition coefficient (Wildman–Crippen LogP) is 13.6. The van der Waals surface area contributed by atoms with Crippen molar-refractivity contribution in [3.05, 3.63) is 176 Å². The molecule has 10 aromatic carbocycles. The standard InChI is InChI=1S/C49H29N/c1-2-12-39-38(11-1)37(25-26-40(39)45-16-3-4-27-50-45)31-19-17-30(18-20-31)36-28-35-24-23-34-9-6-14-42-41-13-5-8-32-21-22-33-10-7-15-43(48(33)46(32)41)44(29-36)49(35)47(34)42/h1-29H. The van der Waals surface area contributed by atoms with Gasteiger partial charge < -0.3 is 0 Å². The lowest BCUT2D eigenvalue weighted by molar-refractivity contribution is 1.33. The molecule has 230 valence electrons. The zero-order valence-electron chi connectivity index (χ0n) is 27.2. The summed E-state index contributed by atoms with van der Waals surface area (Å²) in [5, 5.41) is 18.1. The van der Waals surface area contributed by atoms with Crippen molar-refractivity contribution in [2.45, 2.75) is 0 Å². The molecule has 0 saturated heterocycles. The largest absolute Gasteiger partial charge is 0.256 e. The van der Waals surface area contributed by atoms with Crippen LogP contribution in [-0.2, 0) is 0 Å². The Hall–Kier alpha value is -6.57. The molecule has 0 radical (unpaired) electrons. The Morgan fingerprint density at radius 3 is 1.40 bits per heavy atom. The van der Waals surface area contributed by atoms with Gasteiger partial charge in [-0.15, -0.1) is 0 Å². The second-order valence-corrected chi connectivity index (χ2v) is 13.5. The highest BCUT2D eigenvalue weighted by Gasteiger charge is 2.17. The van der Waals surface area contributed by atoms with Crippen molar-refractivity contribution < 1.29 is 0 Å². The zero-order valence-corrected chi connectivity index (χ0v) is 27.2. The number of fused-ring (bicyclic) bond motifs is 3. The van der Waals surface area contributed by atoms with E-state index in [2.05, 4.69) is 169 Å². The van der Waals surface area contributed by atoms with E-state index in [1.54, 1.807) is 0 Å². The fourth-order valence-electron chi connectivity index (χ4n) is 8.59. The van der Waals surface area contributed by atoms with Crippen molar-refractivity contribution in [3.8, 4) is 33.5 Å². The van der Waals surface area contributed by atoms with Crippen LogP contribution in [-0.4, -0.2) is 4.98 Å². The Labute approximate surface area is 289 Å². The summed E-state index contributed by atoms with van der Waals surface area (Å²) in [4.78, 5) is 4.65. The normalized spacial score (nSPS) is 12.0. The molecule has 0 N–H and O–H groups in total. The predicted molar refractivity (Wildman–Crippen MR) is 214 cm³/mol. The van der Waals surface area contributed by atoms with Crippen LogP contribution in [0, 0.1) is 0 Å². The van der Waals surface area contributed by atoms with Crippen molar-refractivity contribution >= 4 is 75.4 Å². The van der Waals surface area contributed by atoms with Gasteiger partial charge in [-0.25, -0.2) is 0 Å². The molecule has 1 aromatic heterocycles. The van der Waals surface area contributed by atoms with Crippen LogP contribution in [0.15, 0.2) is 176 Å². The molecular weight excluding hydrogens is 603 g/mol. The Bertz CT molecular complexity index is 3110. The summed E-state index contributed by atoms with van der Waals surface area (Å²) in [5.41, 5.74) is 7.02. The van der Waals surface area contributed by atoms with Crippen molar-refractivity contribution in [1.29, 1.82) is 0 Å². The molecule has 0 unspecified atom stereocenters. The first-order valence-corrected chi connectivity index (χ1v) is 17.3. The summed E-state index contributed by atoms with van der Waals surface area (Å²) in [5.74, 6) is 0. The first-order chi connectivity index (χ1) is 24.8. The summed E-state index contributed by atoms with van der Waals surface area (Å²) in [6, 6.07) is 62.7. The summed E-state index contributed by atoms with van der Waals surface area (Å²) in [6.45, 7) is 0. The van der Waals surface area contributed by atoms with E-state index < -0.39 is 0 Å². The molecule has 0 aliphatic heterocycles. The van der Waals surface area contributed by atoms with E-state index in [1.807, 2.05) is 12.3 Å². The van der Waals surface area contributed by atoms with Gasteiger partial charge in [-0.3, -0.25) is 4.98 Å². The van der Waals surface area contributed by atoms with Crippen LogP contribution in [0.2, 0.25) is 0 Å². The smallest absolute Gasteiger partial charge is 0.0708 e. The maximum absolute atomic E-state index is 4.65. The van der Waals surface area contributed by atoms with Gasteiger partial charge in [-0.1, -0.05) is 146 Å². The van der Waals surface area contributed by atoms with Crippen LogP contribution in [0.25, 0.3) is 109 Å². The molecule has 1 heterocycles. The number of hydrogen-bond donors (Lipinski definition) is 0. The highest BCUT2D eigenvalue weighted by molar-refractivity contribution is 6.37. The van der Waals surface area contributed by atoms with Crippen molar-refractivity contribution in [3.63, 3.8) is 0 Å². The zero-order chi connectivity index (χ0) is 32.8. The van der Waals surface area contributed by atoms with Gasteiger partial charge in [0.25, 0.3) is 0 Å². The van der Waals surface area contributed by atoms with Crippen LogP contribution in [0.4, 0.5) is 0 Å². The molecule has 0 aliphatic carbocycles. The number of pyridine rings is 1. The molecule has 0 saturated carbocycles. The molecule has 1 heteroatoms. The molecule has 0 fully saturated rings. The summed E-state index contributed by atoms with van der Waals surface area (Å²) in [7, 11) is 0. The molecule has 11 aromatic rings. The average molecular weight is 632 g/mol. The third-order valence-corrected chi connectivity index (χ3v) is 10.8. The quantitative estimate of drug-likeness (QED) is 0.177. The SMILES string of the molecule is c1ccc(-c2ccc(-c3ccc(-c4cc5ccc6cccc7c8cccc9ccc%10cccc(c(c4)c5c67)c%10c98)cc3)c3ccccc23)nc1. The Balaban J connectivity index is 1.16. The van der Waals surface area contributed by atoms with Crippen molar-refractivity contribution in [1.82, 2.24) is 4.98 Å². The molecule has 50 heavy (non-hydrogen) atoms. The van der Waals surface area contributed by atoms with E-state index in [0.717, 1.165) is 11.3 Å². The Morgan fingerprint density at radius 1 is 0.280 bits per heavy atom. The molecule has 1 nitrogen and oxygen atoms in total. The summed E-state index contributed by atoms with van der Waals surface area (Å²) in [6.07, 6.45) is 1.86. The lowest BCUT2D eigenvalue weighted by Gasteiger charge is -2.17. The highest BCUT2D eigenvalue weighted by atomic mass is 14.7. The fourth-order valence-corrected chi connectivity index (χ4v) is 8.59. The highest BCUT2D eigenvalue weighted by Crippen LogP contribution is 2.44. The molecule has 0 bridgehead atoms. The van der Waals surface area contributed by atoms with Gasteiger partial charge in [-0.05, 0) is 122 Å². The van der Waals surface area contributed by atoms with Crippen LogP contribution in [0.3, 0.4) is 0 Å². The minimum absolute atomic E-state index is 0.993. The van der Waals surface area contributed by atoms with Gasteiger partial charge in [0.2, 0.25) is 0 Å². The van der Waals surface area contributed by atoms with Gasteiger partial charge in [-0.2, -0.15) is 0 Å². The van der Waals surface area contributed by atoms with Crippen LogP contribution >= 0.6 is 0 Å². The lowest BCUT2D eigenvalue weighted by atomic mass is 9.86. The second-order valence-electron chi connectivity index (χ2n) is 13.5. The number of aromatic nitrogens is 1. The number of rotatable bonds is 3. The van der Waals surface area contributed by atoms with E-state index in [1.165, 1.54) is 97.7 Å². The number of hydrogen-bond acceptors (Lipinski definition) is 1. The maximum Gasteiger partial charge on any atom is 0.0708 e. The number of benzene rings is 9. The molecule has 0 spiro atoms. The first-order valence-electron chi connectivity index (χ1n) is 17.3. The van der Waals surface area contributed by atoms with Crippen molar-refractivity contribution in [2.75, 3.05) is 0 Å².